The molecule has 13 heavy (non-hydrogen) atoms. The second-order valence-corrected chi connectivity index (χ2v) is 2.13. The minimum atomic E-state index is 0.322. The van der Waals surface area contributed by atoms with E-state index in [1.165, 1.54) is 19.0 Å². The smallest absolute Gasteiger partial charge is 0.119 e. The summed E-state index contributed by atoms with van der Waals surface area (Å²) in [5, 5.41) is 8.63. The Balaban J connectivity index is 0.000000132. The second kappa shape index (κ2) is 5.65. The van der Waals surface area contributed by atoms with Crippen molar-refractivity contribution < 1.29 is 5.11 Å². The van der Waals surface area contributed by atoms with E-state index in [4.69, 9.17) is 5.11 Å². The number of aromatic hydroxyl groups is 1. The molecule has 1 aromatic heterocycles. The van der Waals surface area contributed by atoms with Crippen molar-refractivity contribution in [2.45, 2.75) is 0 Å². The normalized spacial score (nSPS) is 8.31. The molecule has 0 radical (unpaired) electrons. The summed E-state index contributed by atoms with van der Waals surface area (Å²) >= 11 is 0. The fourth-order valence-electron chi connectivity index (χ4n) is 0.633. The molecule has 0 aliphatic rings. The highest BCUT2D eigenvalue weighted by molar-refractivity contribution is 5.18. The first-order chi connectivity index (χ1) is 6.39. The van der Waals surface area contributed by atoms with Crippen LogP contribution in [0, 0.1) is 0 Å². The van der Waals surface area contributed by atoms with E-state index < -0.39 is 0 Å². The molecular weight excluding hydrogens is 166 g/mol. The number of phenolic OH excluding ortho intramolecular Hbond substituents is 1. The first-order valence-corrected chi connectivity index (χ1v) is 3.68. The molecule has 1 aromatic carbocycles. The Morgan fingerprint density at radius 1 is 0.769 bits per heavy atom. The van der Waals surface area contributed by atoms with Crippen molar-refractivity contribution >= 4 is 0 Å². The predicted molar refractivity (Wildman–Crippen MR) is 47.9 cm³/mol. The third-order valence-electron chi connectivity index (χ3n) is 1.16. The summed E-state index contributed by atoms with van der Waals surface area (Å²) in [4.78, 5) is 10.7. The number of para-hydroxylation sites is 1. The number of aromatic nitrogens is 3. The van der Waals surface area contributed by atoms with E-state index >= 15 is 0 Å². The first-order valence-electron chi connectivity index (χ1n) is 3.68. The predicted octanol–water partition coefficient (Wildman–Crippen LogP) is 1.26. The minimum absolute atomic E-state index is 0.322. The number of rotatable bonds is 0. The largest absolute Gasteiger partial charge is 0.508 e. The van der Waals surface area contributed by atoms with E-state index in [2.05, 4.69) is 15.0 Å². The monoisotopic (exact) mass is 175 g/mol. The maximum absolute atomic E-state index is 8.63. The lowest BCUT2D eigenvalue weighted by Gasteiger charge is -1.82. The van der Waals surface area contributed by atoms with Crippen LogP contribution in [0.3, 0.4) is 0 Å². The van der Waals surface area contributed by atoms with Gasteiger partial charge in [-0.2, -0.15) is 0 Å². The van der Waals surface area contributed by atoms with Gasteiger partial charge in [-0.25, -0.2) is 15.0 Å². The number of nitrogens with zero attached hydrogens (tertiary/aromatic N) is 3. The summed E-state index contributed by atoms with van der Waals surface area (Å²) in [6.45, 7) is 0. The lowest BCUT2D eigenvalue weighted by Crippen LogP contribution is -1.73. The standard InChI is InChI=1S/C6H6O.C3H3N3/c7-6-4-2-1-3-5-6;1-4-2-6-3-5-1/h1-5,7H;1-3H. The third-order valence-corrected chi connectivity index (χ3v) is 1.16. The molecule has 0 saturated carbocycles. The van der Waals surface area contributed by atoms with Crippen LogP contribution in [0.4, 0.5) is 0 Å². The van der Waals surface area contributed by atoms with Gasteiger partial charge in [-0.3, -0.25) is 0 Å². The van der Waals surface area contributed by atoms with Crippen LogP contribution in [0.2, 0.25) is 0 Å². The van der Waals surface area contributed by atoms with Crippen molar-refractivity contribution in [2.24, 2.45) is 0 Å². The summed E-state index contributed by atoms with van der Waals surface area (Å²) in [5.74, 6) is 0.322. The van der Waals surface area contributed by atoms with Gasteiger partial charge in [-0.15, -0.1) is 0 Å². The van der Waals surface area contributed by atoms with Crippen LogP contribution < -0.4 is 0 Å². The Morgan fingerprint density at radius 2 is 1.23 bits per heavy atom. The molecule has 2 aromatic rings. The molecule has 0 spiro atoms. The molecule has 0 fully saturated rings. The van der Waals surface area contributed by atoms with Crippen LogP contribution >= 0.6 is 0 Å². The lowest BCUT2D eigenvalue weighted by atomic mass is 10.3. The second-order valence-electron chi connectivity index (χ2n) is 2.13. The Labute approximate surface area is 75.9 Å². The van der Waals surface area contributed by atoms with Crippen molar-refractivity contribution in [3.05, 3.63) is 49.3 Å². The highest BCUT2D eigenvalue weighted by Gasteiger charge is 1.74. The van der Waals surface area contributed by atoms with Gasteiger partial charge in [0.25, 0.3) is 0 Å². The van der Waals surface area contributed by atoms with Crippen LogP contribution in [-0.2, 0) is 0 Å². The zero-order chi connectivity index (χ0) is 9.36. The SMILES string of the molecule is Oc1ccccc1.c1ncncn1. The molecule has 2 rings (SSSR count). The number of hydrogen-bond donors (Lipinski definition) is 1. The van der Waals surface area contributed by atoms with Gasteiger partial charge in [0.1, 0.15) is 24.7 Å². The van der Waals surface area contributed by atoms with Gasteiger partial charge in [-0.1, -0.05) is 18.2 Å². The van der Waals surface area contributed by atoms with Gasteiger partial charge < -0.3 is 5.11 Å². The molecule has 1 heterocycles. The highest BCUT2D eigenvalue weighted by atomic mass is 16.3. The summed E-state index contributed by atoms with van der Waals surface area (Å²) in [6.07, 6.45) is 4.31. The number of benzene rings is 1. The van der Waals surface area contributed by atoms with Crippen LogP contribution in [0.1, 0.15) is 0 Å². The van der Waals surface area contributed by atoms with Gasteiger partial charge in [-0.05, 0) is 12.1 Å². The topological polar surface area (TPSA) is 58.9 Å². The van der Waals surface area contributed by atoms with Gasteiger partial charge in [0.05, 0.1) is 0 Å². The van der Waals surface area contributed by atoms with Crippen molar-refractivity contribution in [1.29, 1.82) is 0 Å². The van der Waals surface area contributed by atoms with E-state index in [9.17, 15) is 0 Å². The van der Waals surface area contributed by atoms with Crippen LogP contribution in [0.5, 0.6) is 5.75 Å². The number of phenols is 1. The van der Waals surface area contributed by atoms with E-state index in [1.807, 2.05) is 6.07 Å². The van der Waals surface area contributed by atoms with E-state index in [1.54, 1.807) is 24.3 Å². The molecule has 0 atom stereocenters. The molecule has 0 bridgehead atoms. The molecule has 0 aliphatic carbocycles. The van der Waals surface area contributed by atoms with Crippen LogP contribution in [0.15, 0.2) is 49.3 Å². The van der Waals surface area contributed by atoms with Crippen molar-refractivity contribution in [2.75, 3.05) is 0 Å². The average molecular weight is 175 g/mol. The lowest BCUT2D eigenvalue weighted by molar-refractivity contribution is 0.475. The Bertz CT molecular complexity index is 285. The summed E-state index contributed by atoms with van der Waals surface area (Å²) in [5.41, 5.74) is 0. The van der Waals surface area contributed by atoms with Gasteiger partial charge in [0.15, 0.2) is 0 Å². The first kappa shape index (κ1) is 9.12. The summed E-state index contributed by atoms with van der Waals surface area (Å²) in [6, 6.07) is 8.71. The average Bonchev–Trinajstić information content (AvgIpc) is 2.22. The Kier molecular flexibility index (Phi) is 3.96. The van der Waals surface area contributed by atoms with Crippen LogP contribution in [0.25, 0.3) is 0 Å². The number of hydrogen-bond acceptors (Lipinski definition) is 4. The fourth-order valence-corrected chi connectivity index (χ4v) is 0.633. The third kappa shape index (κ3) is 4.47. The van der Waals surface area contributed by atoms with E-state index in [0.717, 1.165) is 0 Å². The fraction of sp³-hybridized carbons (Fsp3) is 0. The van der Waals surface area contributed by atoms with Crippen LogP contribution in [-0.4, -0.2) is 20.1 Å². The molecule has 66 valence electrons. The molecule has 0 aliphatic heterocycles. The molecule has 0 amide bonds. The Morgan fingerprint density at radius 3 is 1.46 bits per heavy atom. The van der Waals surface area contributed by atoms with Crippen molar-refractivity contribution in [1.82, 2.24) is 15.0 Å². The molecule has 0 saturated heterocycles. The Hall–Kier alpha value is -1.97. The molecule has 0 unspecified atom stereocenters. The molecule has 4 heteroatoms. The van der Waals surface area contributed by atoms with E-state index in [-0.39, 0.29) is 0 Å². The van der Waals surface area contributed by atoms with Crippen molar-refractivity contribution in [3.8, 4) is 5.75 Å². The van der Waals surface area contributed by atoms with Crippen molar-refractivity contribution in [3.63, 3.8) is 0 Å². The molecule has 4 nitrogen and oxygen atoms in total. The zero-order valence-electron chi connectivity index (χ0n) is 6.91. The minimum Gasteiger partial charge on any atom is -0.508 e. The molecular formula is C9H9N3O. The van der Waals surface area contributed by atoms with Gasteiger partial charge in [0, 0.05) is 0 Å². The van der Waals surface area contributed by atoms with Gasteiger partial charge >= 0.3 is 0 Å². The van der Waals surface area contributed by atoms with E-state index in [0.29, 0.717) is 5.75 Å². The molecule has 1 N–H and O–H groups in total. The zero-order valence-corrected chi connectivity index (χ0v) is 6.91. The van der Waals surface area contributed by atoms with Gasteiger partial charge in [0.2, 0.25) is 0 Å². The highest BCUT2D eigenvalue weighted by Crippen LogP contribution is 2.02. The quantitative estimate of drug-likeness (QED) is 0.654. The summed E-state index contributed by atoms with van der Waals surface area (Å²) in [7, 11) is 0. The maximum atomic E-state index is 8.63. The summed E-state index contributed by atoms with van der Waals surface area (Å²) < 4.78 is 0. The maximum Gasteiger partial charge on any atom is 0.119 e.